The molecule has 2 amide bonds. The van der Waals surface area contributed by atoms with Crippen molar-refractivity contribution < 1.29 is 19.1 Å². The minimum absolute atomic E-state index is 0.0173. The van der Waals surface area contributed by atoms with E-state index >= 15 is 0 Å². The fourth-order valence-electron chi connectivity index (χ4n) is 3.33. The lowest BCUT2D eigenvalue weighted by Crippen LogP contribution is -2.54. The van der Waals surface area contributed by atoms with E-state index in [0.717, 1.165) is 11.1 Å². The standard InChI is InChI=1S/C24H21ClN2O4S/c1-5-7-31-21-19(25)12-16(13-20(21)30-6-2)11-18-22(28)26-24(32)27(23(18)29)17-9-14(3)8-15(4)10-17/h1,8-13H,6-7H2,2-4H3,(H,26,28,32)/b18-11+. The maximum absolute atomic E-state index is 13.3. The highest BCUT2D eigenvalue weighted by molar-refractivity contribution is 7.80. The van der Waals surface area contributed by atoms with Crippen LogP contribution >= 0.6 is 23.8 Å². The van der Waals surface area contributed by atoms with Gasteiger partial charge in [0.2, 0.25) is 0 Å². The van der Waals surface area contributed by atoms with Crippen LogP contribution in [-0.4, -0.2) is 30.1 Å². The van der Waals surface area contributed by atoms with E-state index < -0.39 is 11.8 Å². The van der Waals surface area contributed by atoms with Crippen molar-refractivity contribution in [2.75, 3.05) is 18.1 Å². The topological polar surface area (TPSA) is 67.9 Å². The second-order valence-electron chi connectivity index (χ2n) is 7.06. The van der Waals surface area contributed by atoms with Gasteiger partial charge in [-0.25, -0.2) is 0 Å². The molecule has 0 unspecified atom stereocenters. The summed E-state index contributed by atoms with van der Waals surface area (Å²) in [5, 5.41) is 2.84. The molecule has 0 aliphatic carbocycles. The van der Waals surface area contributed by atoms with Crippen molar-refractivity contribution >= 4 is 52.5 Å². The zero-order chi connectivity index (χ0) is 23.4. The summed E-state index contributed by atoms with van der Waals surface area (Å²) in [7, 11) is 0. The van der Waals surface area contributed by atoms with Gasteiger partial charge in [-0.15, -0.1) is 6.42 Å². The molecule has 164 valence electrons. The Bertz CT molecular complexity index is 1160. The molecule has 8 heteroatoms. The van der Waals surface area contributed by atoms with Crippen LogP contribution < -0.4 is 19.7 Å². The largest absolute Gasteiger partial charge is 0.490 e. The second-order valence-corrected chi connectivity index (χ2v) is 7.85. The summed E-state index contributed by atoms with van der Waals surface area (Å²) in [6.45, 7) is 6.03. The fraction of sp³-hybridized carbons (Fsp3) is 0.208. The first kappa shape index (κ1) is 23.3. The molecular weight excluding hydrogens is 448 g/mol. The SMILES string of the molecule is C#CCOc1c(Cl)cc(/C=C2\C(=O)NC(=S)N(c3cc(C)cc(C)c3)C2=O)cc1OCC. The van der Waals surface area contributed by atoms with Gasteiger partial charge in [0.25, 0.3) is 11.8 Å². The average Bonchev–Trinajstić information content (AvgIpc) is 2.70. The highest BCUT2D eigenvalue weighted by Gasteiger charge is 2.34. The van der Waals surface area contributed by atoms with E-state index in [1.54, 1.807) is 12.1 Å². The number of aryl methyl sites for hydroxylation is 2. The Hall–Kier alpha value is -3.34. The molecule has 6 nitrogen and oxygen atoms in total. The molecule has 1 aliphatic rings. The van der Waals surface area contributed by atoms with Crippen LogP contribution in [0.15, 0.2) is 35.9 Å². The van der Waals surface area contributed by atoms with Gasteiger partial charge in [0.05, 0.1) is 17.3 Å². The first-order valence-corrected chi connectivity index (χ1v) is 10.6. The van der Waals surface area contributed by atoms with Crippen molar-refractivity contribution in [3.8, 4) is 23.8 Å². The monoisotopic (exact) mass is 468 g/mol. The Morgan fingerprint density at radius 3 is 2.47 bits per heavy atom. The summed E-state index contributed by atoms with van der Waals surface area (Å²) in [6.07, 6.45) is 6.70. The van der Waals surface area contributed by atoms with E-state index in [9.17, 15) is 9.59 Å². The van der Waals surface area contributed by atoms with Gasteiger partial charge in [-0.1, -0.05) is 23.6 Å². The molecule has 0 atom stereocenters. The zero-order valence-corrected chi connectivity index (χ0v) is 19.4. The molecule has 32 heavy (non-hydrogen) atoms. The molecule has 0 saturated carbocycles. The Morgan fingerprint density at radius 1 is 1.16 bits per heavy atom. The lowest BCUT2D eigenvalue weighted by atomic mass is 10.1. The summed E-state index contributed by atoms with van der Waals surface area (Å²) in [6, 6.07) is 8.83. The van der Waals surface area contributed by atoms with Crippen LogP contribution in [0.5, 0.6) is 11.5 Å². The van der Waals surface area contributed by atoms with Crippen LogP contribution in [0.25, 0.3) is 6.08 Å². The smallest absolute Gasteiger partial charge is 0.270 e. The van der Waals surface area contributed by atoms with E-state index in [-0.39, 0.29) is 22.3 Å². The van der Waals surface area contributed by atoms with Gasteiger partial charge < -0.3 is 9.47 Å². The number of carbonyl (C=O) groups is 2. The third-order valence-electron chi connectivity index (χ3n) is 4.51. The van der Waals surface area contributed by atoms with E-state index in [2.05, 4.69) is 11.2 Å². The molecule has 1 saturated heterocycles. The predicted octanol–water partition coefficient (Wildman–Crippen LogP) is 4.20. The normalized spacial score (nSPS) is 14.9. The molecule has 3 rings (SSSR count). The van der Waals surface area contributed by atoms with Gasteiger partial charge in [0.1, 0.15) is 12.2 Å². The number of nitrogens with zero attached hydrogens (tertiary/aromatic N) is 1. The number of anilines is 1. The van der Waals surface area contributed by atoms with E-state index in [1.165, 1.54) is 11.0 Å². The minimum Gasteiger partial charge on any atom is -0.490 e. The molecule has 0 radical (unpaired) electrons. The van der Waals surface area contributed by atoms with E-state index in [4.69, 9.17) is 39.7 Å². The number of thiocarbonyl (C=S) groups is 1. The Balaban J connectivity index is 2.04. The van der Waals surface area contributed by atoms with Gasteiger partial charge >= 0.3 is 0 Å². The van der Waals surface area contributed by atoms with Gasteiger partial charge in [0.15, 0.2) is 16.6 Å². The van der Waals surface area contributed by atoms with Crippen molar-refractivity contribution in [2.24, 2.45) is 0 Å². The Kier molecular flexibility index (Phi) is 7.18. The fourth-order valence-corrected chi connectivity index (χ4v) is 3.88. The van der Waals surface area contributed by atoms with Crippen LogP contribution in [0, 0.1) is 26.2 Å². The van der Waals surface area contributed by atoms with Gasteiger partial charge in [-0.3, -0.25) is 19.8 Å². The zero-order valence-electron chi connectivity index (χ0n) is 17.8. The summed E-state index contributed by atoms with van der Waals surface area (Å²) in [4.78, 5) is 27.2. The van der Waals surface area contributed by atoms with Gasteiger partial charge in [-0.2, -0.15) is 0 Å². The molecule has 1 N–H and O–H groups in total. The lowest BCUT2D eigenvalue weighted by Gasteiger charge is -2.29. The molecule has 1 fully saturated rings. The van der Waals surface area contributed by atoms with Crippen molar-refractivity contribution in [1.82, 2.24) is 5.32 Å². The number of terminal acetylenes is 1. The summed E-state index contributed by atoms with van der Waals surface area (Å²) in [5.41, 5.74) is 2.91. The molecule has 0 bridgehead atoms. The maximum atomic E-state index is 13.3. The number of hydrogen-bond acceptors (Lipinski definition) is 5. The number of carbonyl (C=O) groups excluding carboxylic acids is 2. The molecule has 2 aromatic rings. The number of halogens is 1. The number of hydrogen-bond donors (Lipinski definition) is 1. The molecular formula is C24H21ClN2O4S. The number of rotatable bonds is 6. The lowest BCUT2D eigenvalue weighted by molar-refractivity contribution is -0.122. The molecule has 0 aromatic heterocycles. The summed E-state index contributed by atoms with van der Waals surface area (Å²) in [5.74, 6) is 1.89. The molecule has 1 heterocycles. The first-order chi connectivity index (χ1) is 15.2. The highest BCUT2D eigenvalue weighted by Crippen LogP contribution is 2.37. The van der Waals surface area contributed by atoms with Crippen molar-refractivity contribution in [2.45, 2.75) is 20.8 Å². The van der Waals surface area contributed by atoms with Crippen LogP contribution in [0.3, 0.4) is 0 Å². The predicted molar refractivity (Wildman–Crippen MR) is 129 cm³/mol. The Morgan fingerprint density at radius 2 is 1.84 bits per heavy atom. The van der Waals surface area contributed by atoms with E-state index in [1.807, 2.05) is 39.0 Å². The van der Waals surface area contributed by atoms with Gasteiger partial charge in [-0.05, 0) is 80.0 Å². The van der Waals surface area contributed by atoms with Crippen LogP contribution in [-0.2, 0) is 9.59 Å². The maximum Gasteiger partial charge on any atom is 0.270 e. The van der Waals surface area contributed by atoms with E-state index in [0.29, 0.717) is 29.4 Å². The van der Waals surface area contributed by atoms with Crippen molar-refractivity contribution in [3.05, 3.63) is 57.6 Å². The Labute approximate surface area is 197 Å². The summed E-state index contributed by atoms with van der Waals surface area (Å²) < 4.78 is 11.1. The summed E-state index contributed by atoms with van der Waals surface area (Å²) >= 11 is 11.6. The van der Waals surface area contributed by atoms with Crippen LogP contribution in [0.2, 0.25) is 5.02 Å². The molecule has 1 aliphatic heterocycles. The molecule has 2 aromatic carbocycles. The number of ether oxygens (including phenoxy) is 2. The average molecular weight is 469 g/mol. The van der Waals surface area contributed by atoms with Crippen LogP contribution in [0.4, 0.5) is 5.69 Å². The number of nitrogens with one attached hydrogen (secondary N) is 1. The highest BCUT2D eigenvalue weighted by atomic mass is 35.5. The quantitative estimate of drug-likeness (QED) is 0.298. The second kappa shape index (κ2) is 9.86. The minimum atomic E-state index is -0.595. The third kappa shape index (κ3) is 4.93. The van der Waals surface area contributed by atoms with Crippen molar-refractivity contribution in [1.29, 1.82) is 0 Å². The van der Waals surface area contributed by atoms with Gasteiger partial charge in [0, 0.05) is 0 Å². The first-order valence-electron chi connectivity index (χ1n) is 9.77. The molecule has 0 spiro atoms. The number of amides is 2. The van der Waals surface area contributed by atoms with Crippen molar-refractivity contribution in [3.63, 3.8) is 0 Å². The third-order valence-corrected chi connectivity index (χ3v) is 5.07. The number of benzene rings is 2. The van der Waals surface area contributed by atoms with Crippen LogP contribution in [0.1, 0.15) is 23.6 Å².